The number of hydrogen-bond donors (Lipinski definition) is 1. The molecule has 1 aliphatic heterocycles. The molecule has 1 N–H and O–H groups in total. The second-order valence-electron chi connectivity index (χ2n) is 7.29. The highest BCUT2D eigenvalue weighted by atomic mass is 32.2. The molecule has 2 aliphatic rings. The Bertz CT molecular complexity index is 694. The van der Waals surface area contributed by atoms with Gasteiger partial charge in [-0.2, -0.15) is 4.31 Å². The van der Waals surface area contributed by atoms with Crippen LogP contribution in [0.2, 0.25) is 0 Å². The summed E-state index contributed by atoms with van der Waals surface area (Å²) in [6.07, 6.45) is 8.52. The Morgan fingerprint density at radius 2 is 1.64 bits per heavy atom. The lowest BCUT2D eigenvalue weighted by atomic mass is 9.95. The first-order valence-electron chi connectivity index (χ1n) is 9.41. The number of carbonyl (C=O) groups is 1. The lowest BCUT2D eigenvalue weighted by Gasteiger charge is -2.32. The number of amides is 1. The number of carbonyl (C=O) groups excluding carboxylic acids is 1. The van der Waals surface area contributed by atoms with Gasteiger partial charge in [0.2, 0.25) is 10.0 Å². The SMILES string of the molecule is CC1CCCCN1S(=O)(=O)c1ccc(C(=O)NC2CCCCC2)cc1. The molecule has 1 amide bonds. The van der Waals surface area contributed by atoms with Gasteiger partial charge in [-0.25, -0.2) is 8.42 Å². The molecule has 1 aliphatic carbocycles. The molecule has 0 radical (unpaired) electrons. The van der Waals surface area contributed by atoms with E-state index in [1.807, 2.05) is 6.92 Å². The van der Waals surface area contributed by atoms with Crippen LogP contribution in [0.1, 0.15) is 68.6 Å². The summed E-state index contributed by atoms with van der Waals surface area (Å²) in [7, 11) is -3.48. The van der Waals surface area contributed by atoms with E-state index >= 15 is 0 Å². The minimum absolute atomic E-state index is 0.0352. The maximum absolute atomic E-state index is 12.8. The van der Waals surface area contributed by atoms with Crippen molar-refractivity contribution in [2.24, 2.45) is 0 Å². The highest BCUT2D eigenvalue weighted by Crippen LogP contribution is 2.25. The van der Waals surface area contributed by atoms with E-state index in [4.69, 9.17) is 0 Å². The Hall–Kier alpha value is -1.40. The van der Waals surface area contributed by atoms with E-state index in [1.165, 1.54) is 6.42 Å². The van der Waals surface area contributed by atoms with Gasteiger partial charge >= 0.3 is 0 Å². The second kappa shape index (κ2) is 7.87. The molecule has 0 bridgehead atoms. The Morgan fingerprint density at radius 3 is 2.28 bits per heavy atom. The summed E-state index contributed by atoms with van der Waals surface area (Å²) in [6, 6.07) is 6.66. The standard InChI is InChI=1S/C19H28N2O3S/c1-15-7-5-6-14-21(15)25(23,24)18-12-10-16(11-13-18)19(22)20-17-8-3-2-4-9-17/h10-13,15,17H,2-9,14H2,1H3,(H,20,22). The number of benzene rings is 1. The summed E-state index contributed by atoms with van der Waals surface area (Å²) in [5, 5.41) is 3.06. The molecule has 0 spiro atoms. The van der Waals surface area contributed by atoms with Gasteiger partial charge in [0, 0.05) is 24.2 Å². The van der Waals surface area contributed by atoms with Crippen molar-refractivity contribution in [2.45, 2.75) is 75.3 Å². The molecule has 1 saturated heterocycles. The van der Waals surface area contributed by atoms with Crippen molar-refractivity contribution in [1.82, 2.24) is 9.62 Å². The van der Waals surface area contributed by atoms with Gasteiger partial charge in [-0.3, -0.25) is 4.79 Å². The van der Waals surface area contributed by atoms with Crippen LogP contribution in [0, 0.1) is 0 Å². The normalized spacial score (nSPS) is 23.3. The zero-order valence-corrected chi connectivity index (χ0v) is 15.7. The van der Waals surface area contributed by atoms with E-state index in [-0.39, 0.29) is 22.9 Å². The van der Waals surface area contributed by atoms with Crippen LogP contribution in [0.5, 0.6) is 0 Å². The van der Waals surface area contributed by atoms with Crippen molar-refractivity contribution in [2.75, 3.05) is 6.54 Å². The molecule has 1 aromatic rings. The number of nitrogens with one attached hydrogen (secondary N) is 1. The number of sulfonamides is 1. The minimum Gasteiger partial charge on any atom is -0.349 e. The highest BCUT2D eigenvalue weighted by Gasteiger charge is 2.31. The first-order chi connectivity index (χ1) is 12.0. The van der Waals surface area contributed by atoms with Crippen molar-refractivity contribution in [1.29, 1.82) is 0 Å². The number of piperidine rings is 1. The fourth-order valence-electron chi connectivity index (χ4n) is 3.86. The maximum Gasteiger partial charge on any atom is 0.251 e. The minimum atomic E-state index is -3.48. The molecule has 1 heterocycles. The summed E-state index contributed by atoms with van der Waals surface area (Å²) < 4.78 is 27.2. The predicted molar refractivity (Wildman–Crippen MR) is 98.0 cm³/mol. The molecule has 1 unspecified atom stereocenters. The van der Waals surface area contributed by atoms with Crippen molar-refractivity contribution in [3.63, 3.8) is 0 Å². The van der Waals surface area contributed by atoms with Crippen molar-refractivity contribution in [3.8, 4) is 0 Å². The van der Waals surface area contributed by atoms with E-state index in [1.54, 1.807) is 28.6 Å². The van der Waals surface area contributed by atoms with Crippen LogP contribution < -0.4 is 5.32 Å². The first-order valence-corrected chi connectivity index (χ1v) is 10.9. The Kier molecular flexibility index (Phi) is 5.79. The van der Waals surface area contributed by atoms with Crippen LogP contribution in [-0.4, -0.2) is 37.3 Å². The molecule has 1 atom stereocenters. The third-order valence-corrected chi connectivity index (χ3v) is 7.43. The first kappa shape index (κ1) is 18.4. The van der Waals surface area contributed by atoms with Crippen LogP contribution in [0.25, 0.3) is 0 Å². The molecule has 0 aromatic heterocycles. The zero-order chi connectivity index (χ0) is 17.9. The molecule has 5 nitrogen and oxygen atoms in total. The zero-order valence-electron chi connectivity index (χ0n) is 14.9. The van der Waals surface area contributed by atoms with E-state index in [0.29, 0.717) is 12.1 Å². The fourth-order valence-corrected chi connectivity index (χ4v) is 5.56. The van der Waals surface area contributed by atoms with E-state index < -0.39 is 10.0 Å². The van der Waals surface area contributed by atoms with Crippen molar-refractivity contribution < 1.29 is 13.2 Å². The largest absolute Gasteiger partial charge is 0.349 e. The lowest BCUT2D eigenvalue weighted by Crippen LogP contribution is -2.41. The van der Waals surface area contributed by atoms with Gasteiger partial charge in [-0.1, -0.05) is 25.7 Å². The van der Waals surface area contributed by atoms with Crippen LogP contribution in [0.4, 0.5) is 0 Å². The number of nitrogens with zero attached hydrogens (tertiary/aromatic N) is 1. The lowest BCUT2D eigenvalue weighted by molar-refractivity contribution is 0.0927. The summed E-state index contributed by atoms with van der Waals surface area (Å²) >= 11 is 0. The molecule has 25 heavy (non-hydrogen) atoms. The molecule has 138 valence electrons. The van der Waals surface area contributed by atoms with Crippen LogP contribution >= 0.6 is 0 Å². The predicted octanol–water partition coefficient (Wildman–Crippen LogP) is 3.31. The summed E-state index contributed by atoms with van der Waals surface area (Å²) in [6.45, 7) is 2.54. The average molecular weight is 365 g/mol. The monoisotopic (exact) mass is 364 g/mol. The summed E-state index contributed by atoms with van der Waals surface area (Å²) in [5.74, 6) is -0.109. The van der Waals surface area contributed by atoms with Gasteiger partial charge in [0.1, 0.15) is 0 Å². The molecule has 2 fully saturated rings. The van der Waals surface area contributed by atoms with Gasteiger partial charge in [-0.05, 0) is 56.9 Å². The third-order valence-electron chi connectivity index (χ3n) is 5.41. The number of rotatable bonds is 4. The molecule has 3 rings (SSSR count). The molecule has 6 heteroatoms. The van der Waals surface area contributed by atoms with Gasteiger partial charge < -0.3 is 5.32 Å². The highest BCUT2D eigenvalue weighted by molar-refractivity contribution is 7.89. The van der Waals surface area contributed by atoms with Gasteiger partial charge in [0.05, 0.1) is 4.90 Å². The van der Waals surface area contributed by atoms with Crippen molar-refractivity contribution >= 4 is 15.9 Å². The topological polar surface area (TPSA) is 66.5 Å². The number of hydrogen-bond acceptors (Lipinski definition) is 3. The van der Waals surface area contributed by atoms with Gasteiger partial charge in [0.15, 0.2) is 0 Å². The smallest absolute Gasteiger partial charge is 0.251 e. The maximum atomic E-state index is 12.8. The van der Waals surface area contributed by atoms with Crippen LogP contribution in [0.15, 0.2) is 29.2 Å². The van der Waals surface area contributed by atoms with Gasteiger partial charge in [-0.15, -0.1) is 0 Å². The Morgan fingerprint density at radius 1 is 1.00 bits per heavy atom. The molecule has 1 aromatic carbocycles. The Balaban J connectivity index is 1.69. The molecule has 1 saturated carbocycles. The van der Waals surface area contributed by atoms with Crippen LogP contribution in [-0.2, 0) is 10.0 Å². The Labute approximate surface area is 150 Å². The van der Waals surface area contributed by atoms with E-state index in [0.717, 1.165) is 44.9 Å². The van der Waals surface area contributed by atoms with E-state index in [9.17, 15) is 13.2 Å². The molecular weight excluding hydrogens is 336 g/mol. The summed E-state index contributed by atoms with van der Waals surface area (Å²) in [5.41, 5.74) is 0.524. The van der Waals surface area contributed by atoms with Gasteiger partial charge in [0.25, 0.3) is 5.91 Å². The van der Waals surface area contributed by atoms with E-state index in [2.05, 4.69) is 5.32 Å². The fraction of sp³-hybridized carbons (Fsp3) is 0.632. The second-order valence-corrected chi connectivity index (χ2v) is 9.18. The van der Waals surface area contributed by atoms with Crippen molar-refractivity contribution in [3.05, 3.63) is 29.8 Å². The average Bonchev–Trinajstić information content (AvgIpc) is 2.63. The summed E-state index contributed by atoms with van der Waals surface area (Å²) in [4.78, 5) is 12.6. The molecular formula is C19H28N2O3S. The third kappa shape index (κ3) is 4.23. The quantitative estimate of drug-likeness (QED) is 0.891. The van der Waals surface area contributed by atoms with Crippen LogP contribution in [0.3, 0.4) is 0 Å².